The number of halogens is 2. The first-order chi connectivity index (χ1) is 9.66. The molecule has 1 heterocycles. The lowest BCUT2D eigenvalue weighted by atomic mass is 10.0. The number of rotatable bonds is 2. The molecule has 0 aliphatic heterocycles. The Labute approximate surface area is 121 Å². The van der Waals surface area contributed by atoms with Crippen LogP contribution in [-0.2, 0) is 7.05 Å². The predicted molar refractivity (Wildman–Crippen MR) is 79.0 cm³/mol. The molecule has 0 fully saturated rings. The smallest absolute Gasteiger partial charge is 0.159 e. The predicted octanol–water partition coefficient (Wildman–Crippen LogP) is 4.55. The fraction of sp³-hybridized carbons (Fsp3) is 0.0625. The first-order valence-corrected chi connectivity index (χ1v) is 6.58. The molecule has 0 aliphatic rings. The third-order valence-corrected chi connectivity index (χ3v) is 3.45. The van der Waals surface area contributed by atoms with Crippen LogP contribution in [0.1, 0.15) is 0 Å². The quantitative estimate of drug-likeness (QED) is 0.676. The maximum Gasteiger partial charge on any atom is 0.159 e. The molecular formula is C16H12ClFN2. The molecule has 0 atom stereocenters. The van der Waals surface area contributed by atoms with Gasteiger partial charge in [0.2, 0.25) is 0 Å². The van der Waals surface area contributed by atoms with Crippen LogP contribution in [0.4, 0.5) is 4.39 Å². The second kappa shape index (κ2) is 5.10. The van der Waals surface area contributed by atoms with Crippen molar-refractivity contribution in [3.05, 3.63) is 65.6 Å². The molecule has 3 rings (SSSR count). The van der Waals surface area contributed by atoms with Crippen molar-refractivity contribution in [3.8, 4) is 22.4 Å². The van der Waals surface area contributed by atoms with Gasteiger partial charge in [-0.3, -0.25) is 4.68 Å². The van der Waals surface area contributed by atoms with Gasteiger partial charge in [-0.05, 0) is 17.7 Å². The molecule has 0 saturated heterocycles. The minimum Gasteiger partial charge on any atom is -0.266 e. The summed E-state index contributed by atoms with van der Waals surface area (Å²) < 4.78 is 14.8. The highest BCUT2D eigenvalue weighted by Crippen LogP contribution is 2.36. The minimum absolute atomic E-state index is 0.268. The van der Waals surface area contributed by atoms with Crippen LogP contribution in [0.2, 0.25) is 5.15 Å². The maximum absolute atomic E-state index is 13.1. The van der Waals surface area contributed by atoms with Gasteiger partial charge in [0.1, 0.15) is 5.82 Å². The molecule has 0 spiro atoms. The molecule has 2 nitrogen and oxygen atoms in total. The molecule has 0 saturated carbocycles. The van der Waals surface area contributed by atoms with Crippen LogP contribution < -0.4 is 0 Å². The number of benzene rings is 2. The summed E-state index contributed by atoms with van der Waals surface area (Å²) in [6, 6.07) is 16.2. The Morgan fingerprint density at radius 3 is 2.25 bits per heavy atom. The highest BCUT2D eigenvalue weighted by molar-refractivity contribution is 6.32. The standard InChI is InChI=1S/C16H12ClFN2/c1-20-15(12-5-3-2-4-6-12)14(16(17)19-20)11-7-9-13(18)10-8-11/h2-10H,1H3. The van der Waals surface area contributed by atoms with Gasteiger partial charge >= 0.3 is 0 Å². The molecule has 0 bridgehead atoms. The number of hydrogen-bond acceptors (Lipinski definition) is 1. The van der Waals surface area contributed by atoms with Gasteiger partial charge in [-0.2, -0.15) is 5.10 Å². The summed E-state index contributed by atoms with van der Waals surface area (Å²) >= 11 is 6.25. The first kappa shape index (κ1) is 12.9. The molecule has 0 N–H and O–H groups in total. The van der Waals surface area contributed by atoms with E-state index >= 15 is 0 Å². The molecule has 1 aromatic heterocycles. The van der Waals surface area contributed by atoms with E-state index in [0.29, 0.717) is 5.15 Å². The van der Waals surface area contributed by atoms with Gasteiger partial charge in [0.05, 0.1) is 5.69 Å². The zero-order chi connectivity index (χ0) is 14.1. The van der Waals surface area contributed by atoms with E-state index in [-0.39, 0.29) is 5.82 Å². The Morgan fingerprint density at radius 1 is 0.950 bits per heavy atom. The Balaban J connectivity index is 2.23. The van der Waals surface area contributed by atoms with Crippen molar-refractivity contribution in [2.45, 2.75) is 0 Å². The summed E-state index contributed by atoms with van der Waals surface area (Å²) in [4.78, 5) is 0. The molecule has 100 valence electrons. The lowest BCUT2D eigenvalue weighted by molar-refractivity contribution is 0.628. The van der Waals surface area contributed by atoms with Crippen LogP contribution in [0, 0.1) is 5.82 Å². The maximum atomic E-state index is 13.1. The van der Waals surface area contributed by atoms with Crippen LogP contribution in [0.3, 0.4) is 0 Å². The molecular weight excluding hydrogens is 275 g/mol. The van der Waals surface area contributed by atoms with Gasteiger partial charge in [-0.1, -0.05) is 54.1 Å². The number of nitrogens with zero attached hydrogens (tertiary/aromatic N) is 2. The van der Waals surface area contributed by atoms with E-state index in [0.717, 1.165) is 22.4 Å². The van der Waals surface area contributed by atoms with Gasteiger partial charge in [-0.25, -0.2) is 4.39 Å². The summed E-state index contributed by atoms with van der Waals surface area (Å²) in [6.07, 6.45) is 0. The Bertz CT molecular complexity index is 733. The zero-order valence-electron chi connectivity index (χ0n) is 10.8. The van der Waals surface area contributed by atoms with E-state index in [9.17, 15) is 4.39 Å². The summed E-state index contributed by atoms with van der Waals surface area (Å²) in [5.41, 5.74) is 3.61. The van der Waals surface area contributed by atoms with E-state index < -0.39 is 0 Å². The fourth-order valence-electron chi connectivity index (χ4n) is 2.29. The van der Waals surface area contributed by atoms with Crippen molar-refractivity contribution in [2.75, 3.05) is 0 Å². The van der Waals surface area contributed by atoms with E-state index in [2.05, 4.69) is 5.10 Å². The van der Waals surface area contributed by atoms with Crippen LogP contribution in [-0.4, -0.2) is 9.78 Å². The van der Waals surface area contributed by atoms with Gasteiger partial charge in [-0.15, -0.1) is 0 Å². The van der Waals surface area contributed by atoms with Gasteiger partial charge < -0.3 is 0 Å². The highest BCUT2D eigenvalue weighted by Gasteiger charge is 2.17. The molecule has 3 aromatic rings. The average molecular weight is 287 g/mol. The van der Waals surface area contributed by atoms with Crippen molar-refractivity contribution < 1.29 is 4.39 Å². The molecule has 0 aliphatic carbocycles. The van der Waals surface area contributed by atoms with E-state index in [1.165, 1.54) is 12.1 Å². The second-order valence-corrected chi connectivity index (χ2v) is 4.87. The lowest BCUT2D eigenvalue weighted by Crippen LogP contribution is -1.94. The van der Waals surface area contributed by atoms with E-state index in [1.807, 2.05) is 37.4 Å². The summed E-state index contributed by atoms with van der Waals surface area (Å²) in [5.74, 6) is -0.268. The summed E-state index contributed by atoms with van der Waals surface area (Å²) in [7, 11) is 1.85. The summed E-state index contributed by atoms with van der Waals surface area (Å²) in [6.45, 7) is 0. The SMILES string of the molecule is Cn1nc(Cl)c(-c2ccc(F)cc2)c1-c1ccccc1. The normalized spacial score (nSPS) is 10.8. The van der Waals surface area contributed by atoms with Crippen molar-refractivity contribution >= 4 is 11.6 Å². The third-order valence-electron chi connectivity index (χ3n) is 3.18. The van der Waals surface area contributed by atoms with Crippen molar-refractivity contribution in [2.24, 2.45) is 7.05 Å². The summed E-state index contributed by atoms with van der Waals surface area (Å²) in [5, 5.41) is 4.69. The number of aryl methyl sites for hydroxylation is 1. The minimum atomic E-state index is -0.268. The van der Waals surface area contributed by atoms with Gasteiger partial charge in [0, 0.05) is 18.2 Å². The lowest BCUT2D eigenvalue weighted by Gasteiger charge is -2.07. The average Bonchev–Trinajstić information content (AvgIpc) is 2.75. The van der Waals surface area contributed by atoms with Crippen molar-refractivity contribution in [1.29, 1.82) is 0 Å². The van der Waals surface area contributed by atoms with Crippen LogP contribution in [0.5, 0.6) is 0 Å². The van der Waals surface area contributed by atoms with E-state index in [1.54, 1.807) is 16.8 Å². The van der Waals surface area contributed by atoms with Crippen LogP contribution in [0.15, 0.2) is 54.6 Å². The molecule has 20 heavy (non-hydrogen) atoms. The van der Waals surface area contributed by atoms with Gasteiger partial charge in [0.15, 0.2) is 5.15 Å². The Morgan fingerprint density at radius 2 is 1.60 bits per heavy atom. The van der Waals surface area contributed by atoms with Crippen molar-refractivity contribution in [3.63, 3.8) is 0 Å². The topological polar surface area (TPSA) is 17.8 Å². The fourth-order valence-corrected chi connectivity index (χ4v) is 2.60. The van der Waals surface area contributed by atoms with E-state index in [4.69, 9.17) is 11.6 Å². The monoisotopic (exact) mass is 286 g/mol. The highest BCUT2D eigenvalue weighted by atomic mass is 35.5. The molecule has 4 heteroatoms. The molecule has 0 amide bonds. The first-order valence-electron chi connectivity index (χ1n) is 6.20. The number of hydrogen-bond donors (Lipinski definition) is 0. The van der Waals surface area contributed by atoms with Gasteiger partial charge in [0.25, 0.3) is 0 Å². The Kier molecular flexibility index (Phi) is 3.28. The van der Waals surface area contributed by atoms with Crippen molar-refractivity contribution in [1.82, 2.24) is 9.78 Å². The van der Waals surface area contributed by atoms with Crippen LogP contribution in [0.25, 0.3) is 22.4 Å². The number of aromatic nitrogens is 2. The second-order valence-electron chi connectivity index (χ2n) is 4.51. The zero-order valence-corrected chi connectivity index (χ0v) is 11.6. The molecule has 0 unspecified atom stereocenters. The molecule has 0 radical (unpaired) electrons. The van der Waals surface area contributed by atoms with Crippen LogP contribution >= 0.6 is 11.6 Å². The Hall–Kier alpha value is -2.13. The molecule has 2 aromatic carbocycles. The third kappa shape index (κ3) is 2.21. The largest absolute Gasteiger partial charge is 0.266 e.